The van der Waals surface area contributed by atoms with E-state index in [4.69, 9.17) is 4.74 Å². The summed E-state index contributed by atoms with van der Waals surface area (Å²) in [6.45, 7) is 5.11. The first kappa shape index (κ1) is 10.7. The molecule has 0 saturated carbocycles. The zero-order chi connectivity index (χ0) is 10.7. The molecule has 2 heterocycles. The molecule has 0 aliphatic carbocycles. The summed E-state index contributed by atoms with van der Waals surface area (Å²) >= 11 is 3.51. The fraction of sp³-hybridized carbons (Fsp3) is 0.333. The van der Waals surface area contributed by atoms with Gasteiger partial charge in [0.2, 0.25) is 0 Å². The summed E-state index contributed by atoms with van der Waals surface area (Å²) in [6, 6.07) is 6.34. The fourth-order valence-electron chi connectivity index (χ4n) is 1.21. The van der Waals surface area contributed by atoms with Crippen LogP contribution in [0.5, 0.6) is 5.75 Å². The second-order valence-electron chi connectivity index (χ2n) is 3.83. The summed E-state index contributed by atoms with van der Waals surface area (Å²) in [5, 5.41) is 4.18. The monoisotopic (exact) mass is 238 g/mol. The molecule has 0 spiro atoms. The molecule has 0 aliphatic heterocycles. The van der Waals surface area contributed by atoms with Gasteiger partial charge in [0.15, 0.2) is 0 Å². The molecule has 0 N–H and O–H groups in total. The van der Waals surface area contributed by atoms with E-state index in [2.05, 4.69) is 42.8 Å². The van der Waals surface area contributed by atoms with Gasteiger partial charge in [-0.15, -0.1) is 22.7 Å². The molecule has 0 aromatic carbocycles. The van der Waals surface area contributed by atoms with Crippen LogP contribution in [0.15, 0.2) is 29.0 Å². The van der Waals surface area contributed by atoms with Gasteiger partial charge in [0.1, 0.15) is 5.75 Å². The van der Waals surface area contributed by atoms with Gasteiger partial charge in [0, 0.05) is 15.1 Å². The molecule has 3 heteroatoms. The minimum atomic E-state index is 0.579. The maximum atomic E-state index is 5.66. The number of ether oxygens (including phenoxy) is 1. The molecule has 0 atom stereocenters. The van der Waals surface area contributed by atoms with Gasteiger partial charge in [-0.2, -0.15) is 0 Å². The quantitative estimate of drug-likeness (QED) is 0.761. The lowest BCUT2D eigenvalue weighted by Crippen LogP contribution is -2.03. The second kappa shape index (κ2) is 4.81. The van der Waals surface area contributed by atoms with Crippen molar-refractivity contribution in [2.24, 2.45) is 5.92 Å². The largest absolute Gasteiger partial charge is 0.492 e. The molecular weight excluding hydrogens is 224 g/mol. The first-order valence-electron chi connectivity index (χ1n) is 5.01. The van der Waals surface area contributed by atoms with Gasteiger partial charge in [0.25, 0.3) is 0 Å². The lowest BCUT2D eigenvalue weighted by atomic mass is 10.2. The number of thiophene rings is 2. The lowest BCUT2D eigenvalue weighted by molar-refractivity contribution is 0.272. The molecule has 2 aromatic heterocycles. The Kier molecular flexibility index (Phi) is 3.44. The predicted octanol–water partition coefficient (Wildman–Crippen LogP) is 4.51. The fourth-order valence-corrected chi connectivity index (χ4v) is 2.88. The van der Waals surface area contributed by atoms with Gasteiger partial charge in [-0.25, -0.2) is 0 Å². The Hall–Kier alpha value is -0.800. The first-order chi connectivity index (χ1) is 7.25. The molecule has 0 saturated heterocycles. The van der Waals surface area contributed by atoms with Crippen molar-refractivity contribution in [1.82, 2.24) is 0 Å². The molecule has 0 unspecified atom stereocenters. The molecule has 80 valence electrons. The first-order valence-corrected chi connectivity index (χ1v) is 6.77. The zero-order valence-corrected chi connectivity index (χ0v) is 10.5. The third-order valence-corrected chi connectivity index (χ3v) is 3.90. The Morgan fingerprint density at radius 3 is 2.80 bits per heavy atom. The van der Waals surface area contributed by atoms with Crippen LogP contribution in [0.3, 0.4) is 0 Å². The molecule has 0 fully saturated rings. The van der Waals surface area contributed by atoms with Crippen molar-refractivity contribution in [2.45, 2.75) is 13.8 Å². The molecule has 2 rings (SSSR count). The molecule has 0 radical (unpaired) electrons. The zero-order valence-electron chi connectivity index (χ0n) is 8.90. The van der Waals surface area contributed by atoms with E-state index in [1.54, 1.807) is 22.7 Å². The van der Waals surface area contributed by atoms with E-state index < -0.39 is 0 Å². The Balaban J connectivity index is 2.04. The van der Waals surface area contributed by atoms with Crippen molar-refractivity contribution in [2.75, 3.05) is 6.61 Å². The SMILES string of the molecule is CC(C)COc1csc(-c2cccs2)c1. The smallest absolute Gasteiger partial charge is 0.130 e. The lowest BCUT2D eigenvalue weighted by Gasteiger charge is -2.05. The van der Waals surface area contributed by atoms with Crippen LogP contribution < -0.4 is 4.74 Å². The highest BCUT2D eigenvalue weighted by atomic mass is 32.1. The van der Waals surface area contributed by atoms with Crippen molar-refractivity contribution in [1.29, 1.82) is 0 Å². The summed E-state index contributed by atoms with van der Waals surface area (Å²) in [5.41, 5.74) is 0. The van der Waals surface area contributed by atoms with Crippen molar-refractivity contribution in [3.05, 3.63) is 29.0 Å². The van der Waals surface area contributed by atoms with Gasteiger partial charge >= 0.3 is 0 Å². The topological polar surface area (TPSA) is 9.23 Å². The van der Waals surface area contributed by atoms with Crippen LogP contribution >= 0.6 is 22.7 Å². The minimum absolute atomic E-state index is 0.579. The van der Waals surface area contributed by atoms with Crippen LogP contribution in [0, 0.1) is 5.92 Å². The van der Waals surface area contributed by atoms with E-state index in [1.807, 2.05) is 0 Å². The van der Waals surface area contributed by atoms with Gasteiger partial charge < -0.3 is 4.74 Å². The number of hydrogen-bond acceptors (Lipinski definition) is 3. The van der Waals surface area contributed by atoms with E-state index in [1.165, 1.54) is 9.75 Å². The van der Waals surface area contributed by atoms with Gasteiger partial charge in [-0.1, -0.05) is 19.9 Å². The van der Waals surface area contributed by atoms with Crippen molar-refractivity contribution in [3.63, 3.8) is 0 Å². The standard InChI is InChI=1S/C12H14OS2/c1-9(2)7-13-10-6-12(15-8-10)11-4-3-5-14-11/h3-6,8-9H,7H2,1-2H3. The van der Waals surface area contributed by atoms with Crippen molar-refractivity contribution >= 4 is 22.7 Å². The average molecular weight is 238 g/mol. The Morgan fingerprint density at radius 1 is 1.27 bits per heavy atom. The van der Waals surface area contributed by atoms with E-state index in [-0.39, 0.29) is 0 Å². The molecule has 15 heavy (non-hydrogen) atoms. The maximum absolute atomic E-state index is 5.66. The third kappa shape index (κ3) is 2.83. The Bertz CT molecular complexity index is 401. The second-order valence-corrected chi connectivity index (χ2v) is 5.69. The molecule has 1 nitrogen and oxygen atoms in total. The maximum Gasteiger partial charge on any atom is 0.130 e. The number of hydrogen-bond donors (Lipinski definition) is 0. The van der Waals surface area contributed by atoms with E-state index in [0.29, 0.717) is 5.92 Å². The van der Waals surface area contributed by atoms with E-state index >= 15 is 0 Å². The molecule has 0 bridgehead atoms. The van der Waals surface area contributed by atoms with Crippen LogP contribution in [0.1, 0.15) is 13.8 Å². The Labute approximate surface area is 98.3 Å². The summed E-state index contributed by atoms with van der Waals surface area (Å²) in [7, 11) is 0. The minimum Gasteiger partial charge on any atom is -0.492 e. The van der Waals surface area contributed by atoms with Crippen LogP contribution in [-0.4, -0.2) is 6.61 Å². The van der Waals surface area contributed by atoms with Crippen LogP contribution in [0.25, 0.3) is 9.75 Å². The molecule has 2 aromatic rings. The van der Waals surface area contributed by atoms with Crippen molar-refractivity contribution in [3.8, 4) is 15.5 Å². The predicted molar refractivity (Wildman–Crippen MR) is 68.0 cm³/mol. The van der Waals surface area contributed by atoms with E-state index in [9.17, 15) is 0 Å². The van der Waals surface area contributed by atoms with Gasteiger partial charge in [0.05, 0.1) is 6.61 Å². The highest BCUT2D eigenvalue weighted by Gasteiger charge is 2.04. The highest BCUT2D eigenvalue weighted by molar-refractivity contribution is 7.20. The van der Waals surface area contributed by atoms with E-state index in [0.717, 1.165) is 12.4 Å². The summed E-state index contributed by atoms with van der Waals surface area (Å²) in [6.07, 6.45) is 0. The molecule has 0 amide bonds. The van der Waals surface area contributed by atoms with Gasteiger partial charge in [-0.3, -0.25) is 0 Å². The van der Waals surface area contributed by atoms with Crippen LogP contribution in [0.4, 0.5) is 0 Å². The van der Waals surface area contributed by atoms with Gasteiger partial charge in [-0.05, 0) is 23.4 Å². The van der Waals surface area contributed by atoms with Crippen LogP contribution in [-0.2, 0) is 0 Å². The normalized spacial score (nSPS) is 10.9. The average Bonchev–Trinajstić information content (AvgIpc) is 2.85. The summed E-state index contributed by atoms with van der Waals surface area (Å²) < 4.78 is 5.66. The third-order valence-electron chi connectivity index (χ3n) is 1.92. The summed E-state index contributed by atoms with van der Waals surface area (Å²) in [4.78, 5) is 2.61. The number of rotatable bonds is 4. The van der Waals surface area contributed by atoms with Crippen LogP contribution in [0.2, 0.25) is 0 Å². The summed E-state index contributed by atoms with van der Waals surface area (Å²) in [5.74, 6) is 1.58. The Morgan fingerprint density at radius 2 is 2.13 bits per heavy atom. The molecule has 0 aliphatic rings. The van der Waals surface area contributed by atoms with Crippen molar-refractivity contribution < 1.29 is 4.74 Å². The highest BCUT2D eigenvalue weighted by Crippen LogP contribution is 2.33. The molecular formula is C12H14OS2.